The standard InChI is InChI=1S/C11H7Cl3N2/c12-4-7-5-15-11(16-6-7)10-8(13)2-1-3-9(10)14/h1-3,5-6H,4H2. The van der Waals surface area contributed by atoms with E-state index >= 15 is 0 Å². The molecule has 2 aromatic rings. The summed E-state index contributed by atoms with van der Waals surface area (Å²) in [5.41, 5.74) is 1.50. The molecule has 0 aliphatic carbocycles. The Morgan fingerprint density at radius 1 is 1.00 bits per heavy atom. The molecule has 2 rings (SSSR count). The third kappa shape index (κ3) is 2.29. The van der Waals surface area contributed by atoms with Gasteiger partial charge in [0, 0.05) is 18.0 Å². The molecule has 16 heavy (non-hydrogen) atoms. The highest BCUT2D eigenvalue weighted by Gasteiger charge is 2.10. The fourth-order valence-electron chi connectivity index (χ4n) is 1.26. The molecule has 0 radical (unpaired) electrons. The van der Waals surface area contributed by atoms with Gasteiger partial charge in [-0.3, -0.25) is 0 Å². The van der Waals surface area contributed by atoms with Crippen molar-refractivity contribution >= 4 is 34.8 Å². The summed E-state index contributed by atoms with van der Waals surface area (Å²) in [5, 5.41) is 1.07. The van der Waals surface area contributed by atoms with Crippen molar-refractivity contribution in [1.82, 2.24) is 9.97 Å². The molecule has 1 aromatic carbocycles. The zero-order valence-corrected chi connectivity index (χ0v) is 10.4. The molecule has 0 aliphatic rings. The van der Waals surface area contributed by atoms with Crippen LogP contribution in [0.5, 0.6) is 0 Å². The molecule has 0 aliphatic heterocycles. The molecule has 0 saturated carbocycles. The Balaban J connectivity index is 2.50. The van der Waals surface area contributed by atoms with Gasteiger partial charge in [-0.2, -0.15) is 0 Å². The van der Waals surface area contributed by atoms with Crippen molar-refractivity contribution in [2.75, 3.05) is 0 Å². The van der Waals surface area contributed by atoms with Crippen molar-refractivity contribution in [3.05, 3.63) is 46.2 Å². The Labute approximate surface area is 108 Å². The molecule has 0 amide bonds. The minimum absolute atomic E-state index is 0.385. The average Bonchev–Trinajstić information content (AvgIpc) is 2.30. The lowest BCUT2D eigenvalue weighted by Gasteiger charge is -2.05. The zero-order valence-electron chi connectivity index (χ0n) is 8.12. The molecule has 2 nitrogen and oxygen atoms in total. The highest BCUT2D eigenvalue weighted by Crippen LogP contribution is 2.31. The summed E-state index contributed by atoms with van der Waals surface area (Å²) in [6.07, 6.45) is 3.32. The average molecular weight is 274 g/mol. The molecule has 0 N–H and O–H groups in total. The van der Waals surface area contributed by atoms with Gasteiger partial charge >= 0.3 is 0 Å². The van der Waals surface area contributed by atoms with Gasteiger partial charge in [0.15, 0.2) is 5.82 Å². The Morgan fingerprint density at radius 3 is 2.06 bits per heavy atom. The van der Waals surface area contributed by atoms with E-state index in [0.717, 1.165) is 5.56 Å². The first-order valence-corrected chi connectivity index (χ1v) is 5.82. The zero-order chi connectivity index (χ0) is 11.5. The highest BCUT2D eigenvalue weighted by molar-refractivity contribution is 6.38. The minimum Gasteiger partial charge on any atom is -0.236 e. The van der Waals surface area contributed by atoms with Gasteiger partial charge in [0.1, 0.15) is 0 Å². The number of alkyl halides is 1. The molecule has 1 aromatic heterocycles. The predicted octanol–water partition coefficient (Wildman–Crippen LogP) is 4.19. The van der Waals surface area contributed by atoms with E-state index in [1.54, 1.807) is 30.6 Å². The van der Waals surface area contributed by atoms with E-state index in [1.165, 1.54) is 0 Å². The quantitative estimate of drug-likeness (QED) is 0.767. The van der Waals surface area contributed by atoms with Crippen LogP contribution in [0.3, 0.4) is 0 Å². The van der Waals surface area contributed by atoms with Crippen molar-refractivity contribution in [2.24, 2.45) is 0 Å². The first kappa shape index (κ1) is 11.6. The molecule has 82 valence electrons. The van der Waals surface area contributed by atoms with E-state index in [4.69, 9.17) is 34.8 Å². The monoisotopic (exact) mass is 272 g/mol. The molecular formula is C11H7Cl3N2. The van der Waals surface area contributed by atoms with E-state index < -0.39 is 0 Å². The number of benzene rings is 1. The Morgan fingerprint density at radius 2 is 1.56 bits per heavy atom. The number of aromatic nitrogens is 2. The highest BCUT2D eigenvalue weighted by atomic mass is 35.5. The SMILES string of the molecule is ClCc1cnc(-c2c(Cl)cccc2Cl)nc1. The largest absolute Gasteiger partial charge is 0.236 e. The van der Waals surface area contributed by atoms with E-state index in [1.807, 2.05) is 0 Å². The Hall–Kier alpha value is -0.830. The van der Waals surface area contributed by atoms with Crippen LogP contribution in [0.2, 0.25) is 10.0 Å². The lowest BCUT2D eigenvalue weighted by atomic mass is 10.2. The van der Waals surface area contributed by atoms with Crippen molar-refractivity contribution in [3.8, 4) is 11.4 Å². The molecule has 0 spiro atoms. The summed E-state index contributed by atoms with van der Waals surface area (Å²) in [5.74, 6) is 0.890. The van der Waals surface area contributed by atoms with Crippen LogP contribution in [0, 0.1) is 0 Å². The lowest BCUT2D eigenvalue weighted by Crippen LogP contribution is -1.92. The second-order valence-electron chi connectivity index (χ2n) is 3.15. The van der Waals surface area contributed by atoms with Crippen LogP contribution in [0.25, 0.3) is 11.4 Å². The van der Waals surface area contributed by atoms with E-state index in [-0.39, 0.29) is 0 Å². The first-order valence-electron chi connectivity index (χ1n) is 4.53. The van der Waals surface area contributed by atoms with Crippen LogP contribution in [-0.4, -0.2) is 9.97 Å². The number of hydrogen-bond acceptors (Lipinski definition) is 2. The second kappa shape index (κ2) is 5.00. The molecular weight excluding hydrogens is 266 g/mol. The predicted molar refractivity (Wildman–Crippen MR) is 67.0 cm³/mol. The van der Waals surface area contributed by atoms with Crippen LogP contribution in [0.15, 0.2) is 30.6 Å². The van der Waals surface area contributed by atoms with Gasteiger partial charge in [-0.05, 0) is 12.1 Å². The van der Waals surface area contributed by atoms with Crippen LogP contribution in [-0.2, 0) is 5.88 Å². The van der Waals surface area contributed by atoms with Gasteiger partial charge in [0.05, 0.1) is 21.5 Å². The first-order chi connectivity index (χ1) is 7.72. The normalized spacial score (nSPS) is 10.4. The van der Waals surface area contributed by atoms with Gasteiger partial charge in [-0.25, -0.2) is 9.97 Å². The lowest BCUT2D eigenvalue weighted by molar-refractivity contribution is 1.13. The summed E-state index contributed by atoms with van der Waals surface area (Å²) < 4.78 is 0. The van der Waals surface area contributed by atoms with E-state index in [9.17, 15) is 0 Å². The smallest absolute Gasteiger partial charge is 0.162 e. The van der Waals surface area contributed by atoms with E-state index in [2.05, 4.69) is 9.97 Å². The number of rotatable bonds is 2. The third-order valence-corrected chi connectivity index (χ3v) is 2.98. The van der Waals surface area contributed by atoms with Gasteiger partial charge in [0.25, 0.3) is 0 Å². The summed E-state index contributed by atoms with van der Waals surface area (Å²) in [4.78, 5) is 8.35. The Bertz CT molecular complexity index is 477. The van der Waals surface area contributed by atoms with Crippen molar-refractivity contribution in [3.63, 3.8) is 0 Å². The van der Waals surface area contributed by atoms with Gasteiger partial charge < -0.3 is 0 Å². The molecule has 0 saturated heterocycles. The van der Waals surface area contributed by atoms with E-state index in [0.29, 0.717) is 27.3 Å². The van der Waals surface area contributed by atoms with Crippen LogP contribution < -0.4 is 0 Å². The maximum atomic E-state index is 6.05. The summed E-state index contributed by atoms with van der Waals surface area (Å²) in [6, 6.07) is 5.28. The molecule has 5 heteroatoms. The number of nitrogens with zero attached hydrogens (tertiary/aromatic N) is 2. The molecule has 0 fully saturated rings. The van der Waals surface area contributed by atoms with Gasteiger partial charge in [-0.15, -0.1) is 11.6 Å². The minimum atomic E-state index is 0.385. The Kier molecular flexibility index (Phi) is 3.64. The number of halogens is 3. The van der Waals surface area contributed by atoms with Crippen LogP contribution >= 0.6 is 34.8 Å². The molecule has 0 bridgehead atoms. The van der Waals surface area contributed by atoms with Crippen LogP contribution in [0.1, 0.15) is 5.56 Å². The molecule has 0 atom stereocenters. The maximum Gasteiger partial charge on any atom is 0.162 e. The molecule has 0 unspecified atom stereocenters. The second-order valence-corrected chi connectivity index (χ2v) is 4.23. The molecule has 1 heterocycles. The maximum absolute atomic E-state index is 6.05. The number of hydrogen-bond donors (Lipinski definition) is 0. The fraction of sp³-hybridized carbons (Fsp3) is 0.0909. The summed E-state index contributed by atoms with van der Waals surface area (Å²) >= 11 is 17.8. The van der Waals surface area contributed by atoms with Gasteiger partial charge in [-0.1, -0.05) is 29.3 Å². The topological polar surface area (TPSA) is 25.8 Å². The van der Waals surface area contributed by atoms with Crippen molar-refractivity contribution in [2.45, 2.75) is 5.88 Å². The fourth-order valence-corrected chi connectivity index (χ4v) is 1.97. The summed E-state index contributed by atoms with van der Waals surface area (Å²) in [7, 11) is 0. The van der Waals surface area contributed by atoms with Crippen LogP contribution in [0.4, 0.5) is 0 Å². The summed E-state index contributed by atoms with van der Waals surface area (Å²) in [6.45, 7) is 0. The third-order valence-electron chi connectivity index (χ3n) is 2.05. The van der Waals surface area contributed by atoms with Crippen molar-refractivity contribution < 1.29 is 0 Å². The van der Waals surface area contributed by atoms with Gasteiger partial charge in [0.2, 0.25) is 0 Å². The van der Waals surface area contributed by atoms with Crippen molar-refractivity contribution in [1.29, 1.82) is 0 Å².